The minimum atomic E-state index is -0.459. The Bertz CT molecular complexity index is 1310. The fourth-order valence-electron chi connectivity index (χ4n) is 3.15. The molecule has 0 unspecified atom stereocenters. The van der Waals surface area contributed by atoms with Crippen molar-refractivity contribution in [3.63, 3.8) is 0 Å². The van der Waals surface area contributed by atoms with Crippen LogP contribution >= 0.6 is 11.3 Å². The minimum Gasteiger partial charge on any atom is -0.493 e. The van der Waals surface area contributed by atoms with Crippen LogP contribution in [-0.4, -0.2) is 49.5 Å². The number of carbonyl (C=O) groups is 1. The molecule has 0 aliphatic carbocycles. The lowest BCUT2D eigenvalue weighted by Gasteiger charge is -2.14. The first-order chi connectivity index (χ1) is 16.5. The third kappa shape index (κ3) is 4.43. The summed E-state index contributed by atoms with van der Waals surface area (Å²) in [5.74, 6) is 1.72. The normalized spacial score (nSPS) is 10.6. The summed E-state index contributed by atoms with van der Waals surface area (Å²) in [4.78, 5) is 21.1. The van der Waals surface area contributed by atoms with Gasteiger partial charge in [0.2, 0.25) is 11.6 Å². The van der Waals surface area contributed by atoms with Gasteiger partial charge >= 0.3 is 5.97 Å². The number of nitrogens with two attached hydrogens (primary N) is 1. The molecule has 34 heavy (non-hydrogen) atoms. The third-order valence-corrected chi connectivity index (χ3v) is 5.71. The van der Waals surface area contributed by atoms with Crippen molar-refractivity contribution in [1.82, 2.24) is 15.1 Å². The summed E-state index contributed by atoms with van der Waals surface area (Å²) in [5, 5.41) is 7.67. The smallest absolute Gasteiger partial charge is 0.337 e. The van der Waals surface area contributed by atoms with Gasteiger partial charge in [0.05, 0.1) is 34.0 Å². The number of benzene rings is 2. The first-order valence-corrected chi connectivity index (χ1v) is 10.6. The molecule has 0 bridgehead atoms. The Morgan fingerprint density at radius 3 is 2.41 bits per heavy atom. The van der Waals surface area contributed by atoms with E-state index < -0.39 is 5.97 Å². The maximum atomic E-state index is 11.8. The zero-order chi connectivity index (χ0) is 24.2. The number of nitrogens with zero attached hydrogens (tertiary/aromatic N) is 3. The number of hydrogen-bond donors (Lipinski definition) is 2. The number of nitrogen functional groups attached to an aromatic ring is 1. The van der Waals surface area contributed by atoms with Gasteiger partial charge in [-0.1, -0.05) is 28.6 Å². The van der Waals surface area contributed by atoms with Crippen molar-refractivity contribution in [3.8, 4) is 39.4 Å². The van der Waals surface area contributed by atoms with Crippen LogP contribution in [0, 0.1) is 0 Å². The molecule has 11 nitrogen and oxygen atoms in total. The predicted molar refractivity (Wildman–Crippen MR) is 126 cm³/mol. The highest BCUT2D eigenvalue weighted by atomic mass is 32.1. The van der Waals surface area contributed by atoms with Crippen LogP contribution in [0.5, 0.6) is 17.2 Å². The summed E-state index contributed by atoms with van der Waals surface area (Å²) in [6, 6.07) is 10.2. The van der Waals surface area contributed by atoms with Crippen molar-refractivity contribution in [3.05, 3.63) is 42.0 Å². The summed E-state index contributed by atoms with van der Waals surface area (Å²) >= 11 is 1.23. The second-order valence-corrected chi connectivity index (χ2v) is 7.77. The Morgan fingerprint density at radius 2 is 1.76 bits per heavy atom. The number of nitrogens with one attached hydrogen (secondary N) is 1. The lowest BCUT2D eigenvalue weighted by atomic mass is 10.1. The summed E-state index contributed by atoms with van der Waals surface area (Å²) in [5.41, 5.74) is 7.74. The number of rotatable bonds is 8. The van der Waals surface area contributed by atoms with Gasteiger partial charge in [0.1, 0.15) is 10.7 Å². The fraction of sp³-hybridized carbons (Fsp3) is 0.182. The molecule has 2 aromatic carbocycles. The molecule has 2 aromatic heterocycles. The minimum absolute atomic E-state index is 0.200. The van der Waals surface area contributed by atoms with Gasteiger partial charge < -0.3 is 34.5 Å². The van der Waals surface area contributed by atoms with Gasteiger partial charge in [0, 0.05) is 23.4 Å². The van der Waals surface area contributed by atoms with E-state index in [1.54, 1.807) is 36.4 Å². The highest BCUT2D eigenvalue weighted by Gasteiger charge is 2.20. The van der Waals surface area contributed by atoms with Crippen LogP contribution in [0.4, 0.5) is 16.6 Å². The van der Waals surface area contributed by atoms with E-state index in [0.717, 1.165) is 0 Å². The molecule has 0 amide bonds. The highest BCUT2D eigenvalue weighted by molar-refractivity contribution is 7.19. The molecule has 0 saturated heterocycles. The van der Waals surface area contributed by atoms with Gasteiger partial charge in [0.15, 0.2) is 16.6 Å². The number of aromatic nitrogens is 3. The third-order valence-electron chi connectivity index (χ3n) is 4.73. The van der Waals surface area contributed by atoms with E-state index in [4.69, 9.17) is 29.2 Å². The number of anilines is 3. The molecular weight excluding hydrogens is 462 g/mol. The van der Waals surface area contributed by atoms with Crippen LogP contribution in [-0.2, 0) is 4.74 Å². The van der Waals surface area contributed by atoms with E-state index in [9.17, 15) is 4.79 Å². The molecule has 0 atom stereocenters. The van der Waals surface area contributed by atoms with Crippen LogP contribution in [0.2, 0.25) is 0 Å². The average Bonchev–Trinajstić information content (AvgIpc) is 3.49. The number of ether oxygens (including phenoxy) is 4. The van der Waals surface area contributed by atoms with E-state index in [0.29, 0.717) is 49.9 Å². The summed E-state index contributed by atoms with van der Waals surface area (Å²) in [7, 11) is 5.92. The number of carbonyl (C=O) groups excluding carboxylic acids is 1. The maximum Gasteiger partial charge on any atom is 0.337 e. The van der Waals surface area contributed by atoms with E-state index in [1.165, 1.54) is 39.8 Å². The van der Waals surface area contributed by atoms with Crippen LogP contribution < -0.4 is 25.3 Å². The molecule has 4 aromatic rings. The topological polar surface area (TPSA) is 144 Å². The van der Waals surface area contributed by atoms with Crippen LogP contribution in [0.1, 0.15) is 10.4 Å². The van der Waals surface area contributed by atoms with Gasteiger partial charge in [-0.3, -0.25) is 0 Å². The zero-order valence-electron chi connectivity index (χ0n) is 18.7. The number of hydrogen-bond acceptors (Lipinski definition) is 12. The second kappa shape index (κ2) is 9.67. The summed E-state index contributed by atoms with van der Waals surface area (Å²) in [6.07, 6.45) is 0. The van der Waals surface area contributed by atoms with Crippen molar-refractivity contribution < 1.29 is 28.3 Å². The van der Waals surface area contributed by atoms with Crippen molar-refractivity contribution in [2.45, 2.75) is 0 Å². The molecule has 4 rings (SSSR count). The van der Waals surface area contributed by atoms with E-state index in [-0.39, 0.29) is 11.7 Å². The predicted octanol–water partition coefficient (Wildman–Crippen LogP) is 4.00. The Morgan fingerprint density at radius 1 is 1.03 bits per heavy atom. The molecule has 2 heterocycles. The van der Waals surface area contributed by atoms with Crippen LogP contribution in [0.25, 0.3) is 22.2 Å². The monoisotopic (exact) mass is 483 g/mol. The summed E-state index contributed by atoms with van der Waals surface area (Å²) < 4.78 is 26.3. The molecule has 0 fully saturated rings. The molecule has 12 heteroatoms. The maximum absolute atomic E-state index is 11.8. The van der Waals surface area contributed by atoms with Gasteiger partial charge in [-0.2, -0.15) is 4.98 Å². The van der Waals surface area contributed by atoms with Crippen molar-refractivity contribution in [2.24, 2.45) is 0 Å². The highest BCUT2D eigenvalue weighted by Crippen LogP contribution is 2.42. The molecule has 0 aliphatic rings. The Hall–Kier alpha value is -4.32. The fourth-order valence-corrected chi connectivity index (χ4v) is 3.98. The van der Waals surface area contributed by atoms with Crippen LogP contribution in [0.3, 0.4) is 0 Å². The van der Waals surface area contributed by atoms with Gasteiger partial charge in [-0.15, -0.1) is 0 Å². The number of thiazole rings is 1. The molecule has 3 N–H and O–H groups in total. The van der Waals surface area contributed by atoms with E-state index >= 15 is 0 Å². The first kappa shape index (κ1) is 22.9. The number of methoxy groups -OCH3 is 4. The van der Waals surface area contributed by atoms with Gasteiger partial charge in [-0.05, 0) is 12.1 Å². The zero-order valence-corrected chi connectivity index (χ0v) is 19.6. The molecule has 0 radical (unpaired) electrons. The summed E-state index contributed by atoms with van der Waals surface area (Å²) in [6.45, 7) is 0. The SMILES string of the molecule is COC(=O)c1cccc(-c2noc(-c3sc(Nc4cc(OC)c(OC)c(OC)c4)nc3N)n2)c1. The van der Waals surface area contributed by atoms with Crippen LogP contribution in [0.15, 0.2) is 40.9 Å². The molecule has 0 saturated carbocycles. The molecule has 0 spiro atoms. The standard InChI is InChI=1S/C22H21N5O6S/c1-29-14-9-13(10-15(30-2)16(14)31-3)24-22-25-18(23)17(34-22)20-26-19(27-33-20)11-6-5-7-12(8-11)21(28)32-4/h5-10H,23H2,1-4H3,(H,24,25). The van der Waals surface area contributed by atoms with E-state index in [2.05, 4.69) is 20.4 Å². The van der Waals surface area contributed by atoms with Crippen molar-refractivity contribution in [1.29, 1.82) is 0 Å². The Kier molecular flexibility index (Phi) is 6.50. The Balaban J connectivity index is 1.61. The molecular formula is C22H21N5O6S. The molecule has 0 aliphatic heterocycles. The van der Waals surface area contributed by atoms with Gasteiger partial charge in [-0.25, -0.2) is 9.78 Å². The lowest BCUT2D eigenvalue weighted by Crippen LogP contribution is -2.00. The van der Waals surface area contributed by atoms with Crippen molar-refractivity contribution >= 4 is 33.9 Å². The second-order valence-electron chi connectivity index (χ2n) is 6.77. The first-order valence-electron chi connectivity index (χ1n) is 9.83. The quantitative estimate of drug-likeness (QED) is 0.351. The largest absolute Gasteiger partial charge is 0.493 e. The lowest BCUT2D eigenvalue weighted by molar-refractivity contribution is 0.0600. The van der Waals surface area contributed by atoms with Gasteiger partial charge in [0.25, 0.3) is 5.89 Å². The van der Waals surface area contributed by atoms with E-state index in [1.807, 2.05) is 0 Å². The molecule has 176 valence electrons. The van der Waals surface area contributed by atoms with Crippen molar-refractivity contribution in [2.75, 3.05) is 39.5 Å². The Labute approximate surface area is 198 Å². The average molecular weight is 484 g/mol. The number of esters is 1.